The Bertz CT molecular complexity index is 1220. The van der Waals surface area contributed by atoms with Crippen molar-refractivity contribution < 1.29 is 14.3 Å². The van der Waals surface area contributed by atoms with Gasteiger partial charge in [0.1, 0.15) is 5.75 Å². The topological polar surface area (TPSA) is 73.9 Å². The van der Waals surface area contributed by atoms with Crippen LogP contribution in [0, 0.1) is 0 Å². The molecule has 1 fully saturated rings. The van der Waals surface area contributed by atoms with E-state index in [1.54, 1.807) is 13.2 Å². The molecule has 0 unspecified atom stereocenters. The maximum Gasteiger partial charge on any atom is 0.253 e. The first-order chi connectivity index (χ1) is 17.5. The van der Waals surface area contributed by atoms with Gasteiger partial charge in [0.15, 0.2) is 5.11 Å². The minimum Gasteiger partial charge on any atom is -0.497 e. The van der Waals surface area contributed by atoms with Gasteiger partial charge in [-0.1, -0.05) is 30.3 Å². The molecule has 0 aromatic heterocycles. The minimum atomic E-state index is -0.317. The van der Waals surface area contributed by atoms with Crippen molar-refractivity contribution in [3.8, 4) is 5.75 Å². The summed E-state index contributed by atoms with van der Waals surface area (Å²) in [5.74, 6) is 0.514. The second-order valence-corrected chi connectivity index (χ2v) is 8.65. The van der Waals surface area contributed by atoms with E-state index in [1.807, 2.05) is 83.8 Å². The molecule has 2 N–H and O–H groups in total. The lowest BCUT2D eigenvalue weighted by Gasteiger charge is -2.36. The second kappa shape index (κ2) is 12.0. The fourth-order valence-electron chi connectivity index (χ4n) is 3.89. The zero-order chi connectivity index (χ0) is 25.3. The summed E-state index contributed by atoms with van der Waals surface area (Å²) < 4.78 is 5.13. The number of benzene rings is 3. The largest absolute Gasteiger partial charge is 0.497 e. The molecule has 1 heterocycles. The molecule has 0 atom stereocenters. The van der Waals surface area contributed by atoms with Crippen LogP contribution in [0.5, 0.6) is 5.75 Å². The molecule has 1 aliphatic rings. The molecule has 0 spiro atoms. The molecule has 2 amide bonds. The SMILES string of the molecule is COc1ccc(/C=C/C(=O)NC(=S)Nc2ccc(N3CCN(C(=O)c4ccccc4)CC3)cc2)cc1. The lowest BCUT2D eigenvalue weighted by Crippen LogP contribution is -2.48. The van der Waals surface area contributed by atoms with Crippen LogP contribution in [-0.4, -0.2) is 55.1 Å². The van der Waals surface area contributed by atoms with Crippen LogP contribution < -0.4 is 20.3 Å². The summed E-state index contributed by atoms with van der Waals surface area (Å²) >= 11 is 5.27. The smallest absolute Gasteiger partial charge is 0.253 e. The second-order valence-electron chi connectivity index (χ2n) is 8.24. The molecule has 3 aromatic carbocycles. The number of hydrogen-bond donors (Lipinski definition) is 2. The highest BCUT2D eigenvalue weighted by Crippen LogP contribution is 2.20. The number of methoxy groups -OCH3 is 1. The Balaban J connectivity index is 1.23. The molecule has 3 aromatic rings. The number of carbonyl (C=O) groups excluding carboxylic acids is 2. The monoisotopic (exact) mass is 500 g/mol. The van der Waals surface area contributed by atoms with Crippen LogP contribution in [0.4, 0.5) is 11.4 Å². The average molecular weight is 501 g/mol. The van der Waals surface area contributed by atoms with Gasteiger partial charge in [0.2, 0.25) is 5.91 Å². The van der Waals surface area contributed by atoms with Gasteiger partial charge in [-0.15, -0.1) is 0 Å². The molecule has 184 valence electrons. The van der Waals surface area contributed by atoms with E-state index < -0.39 is 0 Å². The van der Waals surface area contributed by atoms with Crippen LogP contribution in [0.2, 0.25) is 0 Å². The van der Waals surface area contributed by atoms with Crippen molar-refractivity contribution in [2.45, 2.75) is 0 Å². The summed E-state index contributed by atoms with van der Waals surface area (Å²) in [5, 5.41) is 5.91. The first-order valence-electron chi connectivity index (χ1n) is 11.7. The molecule has 7 nitrogen and oxygen atoms in total. The predicted molar refractivity (Wildman–Crippen MR) is 147 cm³/mol. The van der Waals surface area contributed by atoms with Crippen molar-refractivity contribution >= 4 is 46.6 Å². The number of nitrogens with zero attached hydrogens (tertiary/aromatic N) is 2. The molecule has 1 aliphatic heterocycles. The van der Waals surface area contributed by atoms with E-state index in [2.05, 4.69) is 15.5 Å². The van der Waals surface area contributed by atoms with Crippen molar-refractivity contribution in [1.29, 1.82) is 0 Å². The van der Waals surface area contributed by atoms with Crippen LogP contribution in [0.3, 0.4) is 0 Å². The molecular formula is C28H28N4O3S. The lowest BCUT2D eigenvalue weighted by molar-refractivity contribution is -0.115. The molecule has 8 heteroatoms. The first-order valence-corrected chi connectivity index (χ1v) is 12.1. The fraction of sp³-hybridized carbons (Fsp3) is 0.179. The van der Waals surface area contributed by atoms with Crippen LogP contribution in [-0.2, 0) is 4.79 Å². The van der Waals surface area contributed by atoms with Gasteiger partial charge in [0.05, 0.1) is 7.11 Å². The minimum absolute atomic E-state index is 0.0733. The van der Waals surface area contributed by atoms with Crippen LogP contribution in [0.15, 0.2) is 84.9 Å². The first kappa shape index (κ1) is 24.9. The van der Waals surface area contributed by atoms with Gasteiger partial charge in [0, 0.05) is 49.2 Å². The quantitative estimate of drug-likeness (QED) is 0.391. The van der Waals surface area contributed by atoms with Crippen molar-refractivity contribution in [2.75, 3.05) is 43.5 Å². The standard InChI is InChI=1S/C28H28N4O3S/c1-35-25-14-7-21(8-15-25)9-16-26(33)30-28(36)29-23-10-12-24(13-11-23)31-17-19-32(20-18-31)27(34)22-5-3-2-4-6-22/h2-16H,17-20H2,1H3,(H2,29,30,33,36)/b16-9+. The Morgan fingerprint density at radius 3 is 2.19 bits per heavy atom. The number of carbonyl (C=O) groups is 2. The van der Waals surface area contributed by atoms with Crippen LogP contribution in [0.25, 0.3) is 6.08 Å². The van der Waals surface area contributed by atoms with E-state index in [4.69, 9.17) is 17.0 Å². The molecule has 1 saturated heterocycles. The Morgan fingerprint density at radius 1 is 0.889 bits per heavy atom. The highest BCUT2D eigenvalue weighted by atomic mass is 32.1. The van der Waals surface area contributed by atoms with Gasteiger partial charge in [-0.3, -0.25) is 14.9 Å². The number of hydrogen-bond acceptors (Lipinski definition) is 5. The molecular weight excluding hydrogens is 472 g/mol. The van der Waals surface area contributed by atoms with Crippen LogP contribution in [0.1, 0.15) is 15.9 Å². The van der Waals surface area contributed by atoms with Crippen molar-refractivity contribution in [3.63, 3.8) is 0 Å². The summed E-state index contributed by atoms with van der Waals surface area (Å²) in [6, 6.07) is 24.6. The number of nitrogens with one attached hydrogen (secondary N) is 2. The van der Waals surface area contributed by atoms with Crippen LogP contribution >= 0.6 is 12.2 Å². The van der Waals surface area contributed by atoms with E-state index in [1.165, 1.54) is 6.08 Å². The molecule has 0 radical (unpaired) electrons. The zero-order valence-electron chi connectivity index (χ0n) is 20.0. The predicted octanol–water partition coefficient (Wildman–Crippen LogP) is 4.18. The van der Waals surface area contributed by atoms with Gasteiger partial charge in [-0.2, -0.15) is 0 Å². The Morgan fingerprint density at radius 2 is 1.56 bits per heavy atom. The van der Waals surface area contributed by atoms with Crippen molar-refractivity contribution in [2.24, 2.45) is 0 Å². The Kier molecular flexibility index (Phi) is 8.31. The van der Waals surface area contributed by atoms with Crippen molar-refractivity contribution in [3.05, 3.63) is 96.1 Å². The molecule has 0 bridgehead atoms. The number of amides is 2. The Labute approximate surface area is 216 Å². The van der Waals surface area contributed by atoms with E-state index in [0.717, 1.165) is 41.3 Å². The zero-order valence-corrected chi connectivity index (χ0v) is 20.8. The number of piperazine rings is 1. The van der Waals surface area contributed by atoms with Gasteiger partial charge in [-0.25, -0.2) is 0 Å². The van der Waals surface area contributed by atoms with E-state index in [0.29, 0.717) is 13.1 Å². The third-order valence-electron chi connectivity index (χ3n) is 5.86. The highest BCUT2D eigenvalue weighted by Gasteiger charge is 2.22. The molecule has 36 heavy (non-hydrogen) atoms. The molecule has 0 aliphatic carbocycles. The third kappa shape index (κ3) is 6.70. The summed E-state index contributed by atoms with van der Waals surface area (Å²) in [4.78, 5) is 29.0. The van der Waals surface area contributed by atoms with E-state index in [-0.39, 0.29) is 16.9 Å². The summed E-state index contributed by atoms with van der Waals surface area (Å²) in [6.45, 7) is 2.88. The maximum absolute atomic E-state index is 12.7. The summed E-state index contributed by atoms with van der Waals surface area (Å²) in [5.41, 5.74) is 3.46. The normalized spacial score (nSPS) is 13.4. The Hall–Kier alpha value is -4.17. The van der Waals surface area contributed by atoms with Gasteiger partial charge in [-0.05, 0) is 72.4 Å². The van der Waals surface area contributed by atoms with Gasteiger partial charge >= 0.3 is 0 Å². The number of rotatable bonds is 6. The van der Waals surface area contributed by atoms with E-state index in [9.17, 15) is 9.59 Å². The fourth-order valence-corrected chi connectivity index (χ4v) is 4.11. The number of ether oxygens (including phenoxy) is 1. The highest BCUT2D eigenvalue weighted by molar-refractivity contribution is 7.80. The van der Waals surface area contributed by atoms with E-state index >= 15 is 0 Å². The average Bonchev–Trinajstić information content (AvgIpc) is 2.93. The van der Waals surface area contributed by atoms with Gasteiger partial charge < -0.3 is 19.9 Å². The lowest BCUT2D eigenvalue weighted by atomic mass is 10.1. The molecule has 4 rings (SSSR count). The number of anilines is 2. The summed E-state index contributed by atoms with van der Waals surface area (Å²) in [7, 11) is 1.61. The van der Waals surface area contributed by atoms with Crippen molar-refractivity contribution in [1.82, 2.24) is 10.2 Å². The van der Waals surface area contributed by atoms with Gasteiger partial charge in [0.25, 0.3) is 5.91 Å². The summed E-state index contributed by atoms with van der Waals surface area (Å²) in [6.07, 6.45) is 3.14. The third-order valence-corrected chi connectivity index (χ3v) is 6.06. The maximum atomic E-state index is 12.7. The number of thiocarbonyl (C=S) groups is 1. The molecule has 0 saturated carbocycles.